The summed E-state index contributed by atoms with van der Waals surface area (Å²) in [6, 6.07) is 5.49. The van der Waals surface area contributed by atoms with Gasteiger partial charge in [0.05, 0.1) is 11.8 Å². The van der Waals surface area contributed by atoms with Gasteiger partial charge in [-0.25, -0.2) is 9.78 Å². The van der Waals surface area contributed by atoms with Gasteiger partial charge in [-0.3, -0.25) is 0 Å². The number of fused-ring (bicyclic) bond motifs is 1. The van der Waals surface area contributed by atoms with E-state index in [9.17, 15) is 4.79 Å². The minimum absolute atomic E-state index is 0.563. The molecule has 0 aliphatic rings. The average Bonchev–Trinajstić information content (AvgIpc) is 2.50. The lowest BCUT2D eigenvalue weighted by Gasteiger charge is -1.94. The molecule has 0 spiro atoms. The zero-order valence-electron chi connectivity index (χ0n) is 7.06. The topological polar surface area (TPSA) is 47.2 Å². The number of aromatic nitrogens is 2. The fourth-order valence-electron chi connectivity index (χ4n) is 1.28. The molecule has 0 radical (unpaired) electrons. The predicted molar refractivity (Wildman–Crippen MR) is 48.5 cm³/mol. The SMILES string of the molecule is Cn1cnc2c(N=C=O)cccc21. The van der Waals surface area contributed by atoms with Crippen molar-refractivity contribution in [3.05, 3.63) is 24.5 Å². The van der Waals surface area contributed by atoms with Crippen LogP contribution in [0.25, 0.3) is 11.0 Å². The van der Waals surface area contributed by atoms with Crippen LogP contribution in [0.3, 0.4) is 0 Å². The predicted octanol–water partition coefficient (Wildman–Crippen LogP) is 1.54. The second kappa shape index (κ2) is 2.84. The van der Waals surface area contributed by atoms with Crippen LogP contribution in [0.2, 0.25) is 0 Å². The molecule has 1 aromatic carbocycles. The molecule has 0 aliphatic heterocycles. The Kier molecular flexibility index (Phi) is 1.69. The molecule has 4 nitrogen and oxygen atoms in total. The van der Waals surface area contributed by atoms with Crippen molar-refractivity contribution in [3.8, 4) is 0 Å². The Hall–Kier alpha value is -1.93. The summed E-state index contributed by atoms with van der Waals surface area (Å²) in [4.78, 5) is 17.8. The van der Waals surface area contributed by atoms with E-state index in [1.165, 1.54) is 6.08 Å². The van der Waals surface area contributed by atoms with E-state index in [2.05, 4.69) is 9.98 Å². The lowest BCUT2D eigenvalue weighted by atomic mass is 10.3. The van der Waals surface area contributed by atoms with Crippen LogP contribution in [0.1, 0.15) is 0 Å². The fraction of sp³-hybridized carbons (Fsp3) is 0.111. The molecule has 13 heavy (non-hydrogen) atoms. The highest BCUT2D eigenvalue weighted by Crippen LogP contribution is 2.22. The van der Waals surface area contributed by atoms with Crippen molar-refractivity contribution in [1.82, 2.24) is 9.55 Å². The molecule has 0 saturated heterocycles. The van der Waals surface area contributed by atoms with Gasteiger partial charge in [-0.1, -0.05) is 6.07 Å². The Morgan fingerprint density at radius 2 is 2.38 bits per heavy atom. The van der Waals surface area contributed by atoms with E-state index in [4.69, 9.17) is 0 Å². The number of benzene rings is 1. The van der Waals surface area contributed by atoms with Crippen LogP contribution < -0.4 is 0 Å². The molecule has 1 heterocycles. The number of isocyanates is 1. The maximum Gasteiger partial charge on any atom is 0.240 e. The zero-order valence-corrected chi connectivity index (χ0v) is 7.06. The van der Waals surface area contributed by atoms with Crippen molar-refractivity contribution in [1.29, 1.82) is 0 Å². The van der Waals surface area contributed by atoms with Gasteiger partial charge in [-0.15, -0.1) is 0 Å². The van der Waals surface area contributed by atoms with Crippen molar-refractivity contribution in [3.63, 3.8) is 0 Å². The van der Waals surface area contributed by atoms with Gasteiger partial charge in [0.25, 0.3) is 0 Å². The van der Waals surface area contributed by atoms with Gasteiger partial charge in [-0.05, 0) is 12.1 Å². The molecule has 2 rings (SSSR count). The molecular formula is C9H7N3O. The molecule has 0 N–H and O–H groups in total. The Balaban J connectivity index is 2.84. The van der Waals surface area contributed by atoms with Crippen LogP contribution in [0.4, 0.5) is 5.69 Å². The monoisotopic (exact) mass is 173 g/mol. The third-order valence-corrected chi connectivity index (χ3v) is 1.90. The molecule has 64 valence electrons. The van der Waals surface area contributed by atoms with Gasteiger partial charge >= 0.3 is 0 Å². The average molecular weight is 173 g/mol. The van der Waals surface area contributed by atoms with Crippen LogP contribution in [-0.2, 0) is 11.8 Å². The van der Waals surface area contributed by atoms with Crippen molar-refractivity contribution in [2.75, 3.05) is 0 Å². The highest BCUT2D eigenvalue weighted by atomic mass is 16.1. The molecular weight excluding hydrogens is 166 g/mol. The first-order valence-electron chi connectivity index (χ1n) is 3.81. The van der Waals surface area contributed by atoms with Gasteiger partial charge < -0.3 is 4.57 Å². The minimum Gasteiger partial charge on any atom is -0.334 e. The van der Waals surface area contributed by atoms with Crippen molar-refractivity contribution in [2.45, 2.75) is 0 Å². The first kappa shape index (κ1) is 7.71. The molecule has 0 fully saturated rings. The second-order valence-corrected chi connectivity index (χ2v) is 2.70. The summed E-state index contributed by atoms with van der Waals surface area (Å²) in [5.74, 6) is 0. The number of hydrogen-bond donors (Lipinski definition) is 0. The zero-order chi connectivity index (χ0) is 9.26. The maximum absolute atomic E-state index is 10.1. The van der Waals surface area contributed by atoms with Crippen molar-refractivity contribution in [2.24, 2.45) is 12.0 Å². The number of nitrogens with zero attached hydrogens (tertiary/aromatic N) is 3. The van der Waals surface area contributed by atoms with Gasteiger partial charge in [-0.2, -0.15) is 4.99 Å². The number of hydrogen-bond acceptors (Lipinski definition) is 3. The normalized spacial score (nSPS) is 9.92. The van der Waals surface area contributed by atoms with Crippen LogP contribution in [0.15, 0.2) is 29.5 Å². The van der Waals surface area contributed by atoms with Crippen molar-refractivity contribution < 1.29 is 4.79 Å². The number of rotatable bonds is 1. The first-order valence-corrected chi connectivity index (χ1v) is 3.81. The Labute approximate surface area is 74.5 Å². The largest absolute Gasteiger partial charge is 0.334 e. The van der Waals surface area contributed by atoms with E-state index in [0.29, 0.717) is 5.69 Å². The van der Waals surface area contributed by atoms with Gasteiger partial charge in [0.2, 0.25) is 6.08 Å². The summed E-state index contributed by atoms with van der Waals surface area (Å²) in [5.41, 5.74) is 2.25. The molecule has 0 unspecified atom stereocenters. The van der Waals surface area contributed by atoms with E-state index >= 15 is 0 Å². The summed E-state index contributed by atoms with van der Waals surface area (Å²) in [7, 11) is 1.89. The summed E-state index contributed by atoms with van der Waals surface area (Å²) in [6.07, 6.45) is 3.20. The molecule has 1 aromatic heterocycles. The minimum atomic E-state index is 0.563. The summed E-state index contributed by atoms with van der Waals surface area (Å²) in [5, 5.41) is 0. The first-order chi connectivity index (χ1) is 6.33. The van der Waals surface area contributed by atoms with Crippen molar-refractivity contribution >= 4 is 22.8 Å². The molecule has 0 aliphatic carbocycles. The summed E-state index contributed by atoms with van der Waals surface area (Å²) < 4.78 is 1.87. The highest BCUT2D eigenvalue weighted by molar-refractivity contribution is 5.87. The Bertz CT molecular complexity index is 495. The van der Waals surface area contributed by atoms with Gasteiger partial charge in [0, 0.05) is 7.05 Å². The quantitative estimate of drug-likeness (QED) is 0.485. The molecule has 2 aromatic rings. The van der Waals surface area contributed by atoms with Crippen LogP contribution in [0, 0.1) is 0 Å². The number of imidazole rings is 1. The standard InChI is InChI=1S/C9H7N3O/c1-12-5-10-9-7(11-6-13)3-2-4-8(9)12/h2-5H,1H3. The Morgan fingerprint density at radius 3 is 3.15 bits per heavy atom. The molecule has 0 atom stereocenters. The van der Waals surface area contributed by atoms with Gasteiger partial charge in [0.1, 0.15) is 11.2 Å². The number of aryl methyl sites for hydroxylation is 1. The molecule has 4 heteroatoms. The van der Waals surface area contributed by atoms with Crippen LogP contribution in [-0.4, -0.2) is 15.6 Å². The van der Waals surface area contributed by atoms with Gasteiger partial charge in [0.15, 0.2) is 0 Å². The number of para-hydroxylation sites is 1. The van der Waals surface area contributed by atoms with E-state index < -0.39 is 0 Å². The maximum atomic E-state index is 10.1. The summed E-state index contributed by atoms with van der Waals surface area (Å²) >= 11 is 0. The van der Waals surface area contributed by atoms with E-state index in [1.54, 1.807) is 12.4 Å². The number of aliphatic imine (C=N–C) groups is 1. The van der Waals surface area contributed by atoms with E-state index in [-0.39, 0.29) is 0 Å². The molecule has 0 amide bonds. The lowest BCUT2D eigenvalue weighted by Crippen LogP contribution is -1.82. The molecule has 0 saturated carbocycles. The molecule has 0 bridgehead atoms. The third kappa shape index (κ3) is 1.13. The second-order valence-electron chi connectivity index (χ2n) is 2.70. The third-order valence-electron chi connectivity index (χ3n) is 1.90. The van der Waals surface area contributed by atoms with Crippen LogP contribution in [0.5, 0.6) is 0 Å². The van der Waals surface area contributed by atoms with E-state index in [0.717, 1.165) is 11.0 Å². The highest BCUT2D eigenvalue weighted by Gasteiger charge is 2.03. The smallest absolute Gasteiger partial charge is 0.240 e. The fourth-order valence-corrected chi connectivity index (χ4v) is 1.28. The Morgan fingerprint density at radius 1 is 1.54 bits per heavy atom. The summed E-state index contributed by atoms with van der Waals surface area (Å²) in [6.45, 7) is 0. The number of carbonyl (C=O) groups excluding carboxylic acids is 1. The van der Waals surface area contributed by atoms with Crippen LogP contribution >= 0.6 is 0 Å². The lowest BCUT2D eigenvalue weighted by molar-refractivity contribution is 0.565. The van der Waals surface area contributed by atoms with E-state index in [1.807, 2.05) is 23.7 Å².